The van der Waals surface area contributed by atoms with Gasteiger partial charge in [0.05, 0.1) is 11.4 Å². The first-order valence-corrected chi connectivity index (χ1v) is 10.6. The molecule has 4 aromatic rings. The molecule has 0 aliphatic carbocycles. The molecule has 0 fully saturated rings. The van der Waals surface area contributed by atoms with Crippen molar-refractivity contribution in [3.8, 4) is 0 Å². The minimum atomic E-state index is -1.01. The van der Waals surface area contributed by atoms with Crippen LogP contribution in [0.15, 0.2) is 83.9 Å². The zero-order valence-corrected chi connectivity index (χ0v) is 17.2. The van der Waals surface area contributed by atoms with Crippen molar-refractivity contribution in [2.45, 2.75) is 12.6 Å². The monoisotopic (exact) mass is 420 g/mol. The Bertz CT molecular complexity index is 1370. The van der Waals surface area contributed by atoms with E-state index in [1.165, 1.54) is 0 Å². The number of aromatic nitrogens is 1. The van der Waals surface area contributed by atoms with E-state index in [4.69, 9.17) is 4.99 Å². The number of H-pyrrole nitrogens is 1. The van der Waals surface area contributed by atoms with Crippen LogP contribution in [-0.4, -0.2) is 35.2 Å². The van der Waals surface area contributed by atoms with Crippen LogP contribution >= 0.6 is 0 Å². The number of nitrogens with one attached hydrogen (secondary N) is 2. The van der Waals surface area contributed by atoms with Gasteiger partial charge in [0.15, 0.2) is 0 Å². The molecule has 2 N–H and O–H groups in total. The molecule has 1 aromatic heterocycles. The molecule has 32 heavy (non-hydrogen) atoms. The Hall–Kier alpha value is -4.19. The topological polar surface area (TPSA) is 77.6 Å². The van der Waals surface area contributed by atoms with Crippen molar-refractivity contribution in [2.24, 2.45) is 4.99 Å². The molecule has 3 heterocycles. The van der Waals surface area contributed by atoms with Crippen LogP contribution in [0.25, 0.3) is 10.9 Å². The SMILES string of the molecule is O=C(N[C@@H]1N=C(c2ccccc2)c2cccc3c2N(CC3)C1=O)c1cc2ccccc2[nH]1. The number of fused-ring (bicyclic) bond motifs is 1. The fourth-order valence-electron chi connectivity index (χ4n) is 4.59. The van der Waals surface area contributed by atoms with E-state index in [1.54, 1.807) is 11.0 Å². The number of carbonyl (C=O) groups is 2. The maximum atomic E-state index is 13.5. The lowest BCUT2D eigenvalue weighted by Gasteiger charge is -2.20. The van der Waals surface area contributed by atoms with Crippen LogP contribution < -0.4 is 10.2 Å². The van der Waals surface area contributed by atoms with Gasteiger partial charge in [-0.3, -0.25) is 9.59 Å². The summed E-state index contributed by atoms with van der Waals surface area (Å²) in [6.45, 7) is 0.585. The van der Waals surface area contributed by atoms with Gasteiger partial charge in [0, 0.05) is 28.6 Å². The fourth-order valence-corrected chi connectivity index (χ4v) is 4.59. The molecular weight excluding hydrogens is 400 g/mol. The Kier molecular flexibility index (Phi) is 4.18. The lowest BCUT2D eigenvalue weighted by atomic mass is 9.98. The van der Waals surface area contributed by atoms with E-state index in [2.05, 4.69) is 16.4 Å². The molecule has 6 nitrogen and oxygen atoms in total. The van der Waals surface area contributed by atoms with Crippen LogP contribution in [0.3, 0.4) is 0 Å². The van der Waals surface area contributed by atoms with Gasteiger partial charge >= 0.3 is 0 Å². The van der Waals surface area contributed by atoms with Gasteiger partial charge < -0.3 is 15.2 Å². The number of nitrogens with zero attached hydrogens (tertiary/aromatic N) is 2. The quantitative estimate of drug-likeness (QED) is 0.531. The number of aliphatic imine (C=N–C) groups is 1. The van der Waals surface area contributed by atoms with Crippen LogP contribution in [0.2, 0.25) is 0 Å². The third-order valence-corrected chi connectivity index (χ3v) is 6.10. The summed E-state index contributed by atoms with van der Waals surface area (Å²) in [4.78, 5) is 36.2. The van der Waals surface area contributed by atoms with Crippen molar-refractivity contribution < 1.29 is 9.59 Å². The standard InChI is InChI=1S/C26H20N4O2/c31-25(21-15-18-9-4-5-12-20(18)27-21)29-24-26(32)30-14-13-17-10-6-11-19(23(17)30)22(28-24)16-7-2-1-3-8-16/h1-12,15,24,27H,13-14H2,(H,29,31)/t24-/m0/s1. The molecule has 0 saturated heterocycles. The van der Waals surface area contributed by atoms with Gasteiger partial charge in [0.2, 0.25) is 6.17 Å². The van der Waals surface area contributed by atoms with Gasteiger partial charge in [-0.25, -0.2) is 4.99 Å². The van der Waals surface area contributed by atoms with Crippen molar-refractivity contribution in [3.05, 3.63) is 101 Å². The molecule has 3 aromatic carbocycles. The predicted octanol–water partition coefficient (Wildman–Crippen LogP) is 3.66. The van der Waals surface area contributed by atoms with Crippen LogP contribution in [-0.2, 0) is 11.2 Å². The van der Waals surface area contributed by atoms with Crippen LogP contribution in [0, 0.1) is 0 Å². The summed E-state index contributed by atoms with van der Waals surface area (Å²) in [6.07, 6.45) is -0.220. The maximum absolute atomic E-state index is 13.5. The lowest BCUT2D eigenvalue weighted by Crippen LogP contribution is -2.47. The van der Waals surface area contributed by atoms with Crippen molar-refractivity contribution in [1.29, 1.82) is 0 Å². The molecule has 0 radical (unpaired) electrons. The second kappa shape index (κ2) is 7.20. The summed E-state index contributed by atoms with van der Waals surface area (Å²) in [7, 11) is 0. The van der Waals surface area contributed by atoms with Crippen molar-refractivity contribution in [1.82, 2.24) is 10.3 Å². The number of para-hydroxylation sites is 2. The number of hydrogen-bond acceptors (Lipinski definition) is 3. The first-order chi connectivity index (χ1) is 15.7. The molecule has 2 aliphatic rings. The Labute approximate surface area is 184 Å². The third kappa shape index (κ3) is 2.92. The Morgan fingerprint density at radius 2 is 1.81 bits per heavy atom. The molecule has 6 rings (SSSR count). The van der Waals surface area contributed by atoms with Gasteiger partial charge in [-0.15, -0.1) is 0 Å². The molecule has 0 saturated carbocycles. The zero-order chi connectivity index (χ0) is 21.7. The molecule has 156 valence electrons. The average Bonchev–Trinajstić information content (AvgIpc) is 3.43. The number of aromatic amines is 1. The minimum absolute atomic E-state index is 0.216. The molecule has 2 amide bonds. The van der Waals surface area contributed by atoms with Crippen molar-refractivity contribution in [3.63, 3.8) is 0 Å². The third-order valence-electron chi connectivity index (χ3n) is 6.10. The highest BCUT2D eigenvalue weighted by Crippen LogP contribution is 2.36. The highest BCUT2D eigenvalue weighted by molar-refractivity contribution is 6.21. The maximum Gasteiger partial charge on any atom is 0.272 e. The van der Waals surface area contributed by atoms with E-state index in [0.717, 1.165) is 39.7 Å². The van der Waals surface area contributed by atoms with Crippen molar-refractivity contribution in [2.75, 3.05) is 11.4 Å². The highest BCUT2D eigenvalue weighted by atomic mass is 16.2. The number of anilines is 1. The smallest absolute Gasteiger partial charge is 0.272 e. The second-order valence-corrected chi connectivity index (χ2v) is 8.04. The summed E-state index contributed by atoms with van der Waals surface area (Å²) in [5, 5.41) is 3.80. The molecule has 1 atom stereocenters. The fraction of sp³-hybridized carbons (Fsp3) is 0.115. The number of amides is 2. The lowest BCUT2D eigenvalue weighted by molar-refractivity contribution is -0.120. The number of carbonyl (C=O) groups excluding carboxylic acids is 2. The molecule has 0 spiro atoms. The molecule has 6 heteroatoms. The largest absolute Gasteiger partial charge is 0.351 e. The van der Waals surface area contributed by atoms with Gasteiger partial charge in [0.1, 0.15) is 5.69 Å². The van der Waals surface area contributed by atoms with Crippen LogP contribution in [0.1, 0.15) is 27.2 Å². The van der Waals surface area contributed by atoms with Crippen molar-refractivity contribution >= 4 is 34.1 Å². The van der Waals surface area contributed by atoms with E-state index in [0.29, 0.717) is 18.0 Å². The molecule has 0 bridgehead atoms. The van der Waals surface area contributed by atoms with Gasteiger partial charge in [-0.05, 0) is 24.1 Å². The zero-order valence-electron chi connectivity index (χ0n) is 17.2. The number of benzene rings is 3. The minimum Gasteiger partial charge on any atom is -0.351 e. The molecular formula is C26H20N4O2. The summed E-state index contributed by atoms with van der Waals surface area (Å²) in [5.41, 5.74) is 5.84. The second-order valence-electron chi connectivity index (χ2n) is 8.04. The van der Waals surface area contributed by atoms with Gasteiger partial charge in [-0.2, -0.15) is 0 Å². The summed E-state index contributed by atoms with van der Waals surface area (Å²) in [5.74, 6) is -0.576. The van der Waals surface area contributed by atoms with E-state index in [1.807, 2.05) is 66.7 Å². The molecule has 0 unspecified atom stereocenters. The Balaban J connectivity index is 1.43. The van der Waals surface area contributed by atoms with E-state index in [9.17, 15) is 9.59 Å². The summed E-state index contributed by atoms with van der Waals surface area (Å²) >= 11 is 0. The Morgan fingerprint density at radius 3 is 2.66 bits per heavy atom. The predicted molar refractivity (Wildman–Crippen MR) is 124 cm³/mol. The first-order valence-electron chi connectivity index (χ1n) is 10.6. The van der Waals surface area contributed by atoms with Crippen LogP contribution in [0.4, 0.5) is 5.69 Å². The average molecular weight is 420 g/mol. The highest BCUT2D eigenvalue weighted by Gasteiger charge is 2.37. The summed E-state index contributed by atoms with van der Waals surface area (Å²) in [6, 6.07) is 25.3. The van der Waals surface area contributed by atoms with Crippen LogP contribution in [0.5, 0.6) is 0 Å². The van der Waals surface area contributed by atoms with E-state index >= 15 is 0 Å². The molecule has 2 aliphatic heterocycles. The normalized spacial score (nSPS) is 17.1. The Morgan fingerprint density at radius 1 is 1.00 bits per heavy atom. The number of hydrogen-bond donors (Lipinski definition) is 2. The van der Waals surface area contributed by atoms with E-state index in [-0.39, 0.29) is 11.8 Å². The first kappa shape index (κ1) is 18.6. The van der Waals surface area contributed by atoms with Gasteiger partial charge in [-0.1, -0.05) is 66.7 Å². The number of rotatable bonds is 3. The summed E-state index contributed by atoms with van der Waals surface area (Å²) < 4.78 is 0. The van der Waals surface area contributed by atoms with Gasteiger partial charge in [0.25, 0.3) is 11.8 Å². The van der Waals surface area contributed by atoms with E-state index < -0.39 is 6.17 Å².